The van der Waals surface area contributed by atoms with Crippen molar-refractivity contribution >= 4 is 17.7 Å². The first-order valence-corrected chi connectivity index (χ1v) is 5.73. The number of carbonyl (C=O) groups is 1. The quantitative estimate of drug-likeness (QED) is 0.762. The molecule has 0 saturated heterocycles. The van der Waals surface area contributed by atoms with Crippen molar-refractivity contribution in [2.45, 2.75) is 17.5 Å². The third-order valence-corrected chi connectivity index (χ3v) is 2.67. The van der Waals surface area contributed by atoms with Crippen LogP contribution in [0.25, 0.3) is 0 Å². The van der Waals surface area contributed by atoms with Gasteiger partial charge in [0, 0.05) is 0 Å². The SMILES string of the molecule is CSc1nc(C(N)CC(=O)O)ccc1C#N. The Balaban J connectivity index is 2.99. The molecule has 0 aliphatic carbocycles. The number of carboxylic acids is 1. The van der Waals surface area contributed by atoms with E-state index >= 15 is 0 Å². The Morgan fingerprint density at radius 2 is 2.44 bits per heavy atom. The fraction of sp³-hybridized carbons (Fsp3) is 0.300. The second-order valence-corrected chi connectivity index (χ2v) is 3.90. The number of pyridine rings is 1. The highest BCUT2D eigenvalue weighted by atomic mass is 32.2. The zero-order valence-corrected chi connectivity index (χ0v) is 9.49. The predicted molar refractivity (Wildman–Crippen MR) is 59.9 cm³/mol. The van der Waals surface area contributed by atoms with E-state index in [4.69, 9.17) is 16.1 Å². The number of nitriles is 1. The lowest BCUT2D eigenvalue weighted by Crippen LogP contribution is -2.16. The van der Waals surface area contributed by atoms with E-state index in [1.807, 2.05) is 6.07 Å². The molecule has 1 atom stereocenters. The maximum Gasteiger partial charge on any atom is 0.305 e. The van der Waals surface area contributed by atoms with Gasteiger partial charge in [0.25, 0.3) is 0 Å². The number of aliphatic carboxylic acids is 1. The van der Waals surface area contributed by atoms with Crippen molar-refractivity contribution in [1.82, 2.24) is 4.98 Å². The van der Waals surface area contributed by atoms with E-state index in [0.29, 0.717) is 16.3 Å². The van der Waals surface area contributed by atoms with Crippen LogP contribution in [0.2, 0.25) is 0 Å². The van der Waals surface area contributed by atoms with E-state index in [1.54, 1.807) is 18.4 Å². The normalized spacial score (nSPS) is 11.8. The van der Waals surface area contributed by atoms with Crippen molar-refractivity contribution in [3.63, 3.8) is 0 Å². The largest absolute Gasteiger partial charge is 0.481 e. The van der Waals surface area contributed by atoms with Gasteiger partial charge in [0.15, 0.2) is 0 Å². The van der Waals surface area contributed by atoms with Gasteiger partial charge in [0.2, 0.25) is 0 Å². The van der Waals surface area contributed by atoms with Crippen LogP contribution in [0.15, 0.2) is 17.2 Å². The number of hydrogen-bond donors (Lipinski definition) is 2. The van der Waals surface area contributed by atoms with Crippen molar-refractivity contribution in [1.29, 1.82) is 5.26 Å². The van der Waals surface area contributed by atoms with Gasteiger partial charge in [0.05, 0.1) is 23.7 Å². The zero-order chi connectivity index (χ0) is 12.1. The van der Waals surface area contributed by atoms with Gasteiger partial charge < -0.3 is 10.8 Å². The molecule has 1 rings (SSSR count). The summed E-state index contributed by atoms with van der Waals surface area (Å²) in [6, 6.07) is 4.57. The molecule has 0 aliphatic heterocycles. The summed E-state index contributed by atoms with van der Waals surface area (Å²) in [4.78, 5) is 14.7. The van der Waals surface area contributed by atoms with Crippen molar-refractivity contribution in [3.05, 3.63) is 23.4 Å². The van der Waals surface area contributed by atoms with Crippen LogP contribution in [0.1, 0.15) is 23.7 Å². The molecular weight excluding hydrogens is 226 g/mol. The Morgan fingerprint density at radius 1 is 1.75 bits per heavy atom. The van der Waals surface area contributed by atoms with E-state index < -0.39 is 12.0 Å². The minimum Gasteiger partial charge on any atom is -0.481 e. The van der Waals surface area contributed by atoms with Crippen LogP contribution in [-0.2, 0) is 4.79 Å². The molecule has 1 aromatic heterocycles. The van der Waals surface area contributed by atoms with Crippen LogP contribution in [0.4, 0.5) is 0 Å². The van der Waals surface area contributed by atoms with Crippen LogP contribution >= 0.6 is 11.8 Å². The molecule has 3 N–H and O–H groups in total. The molecule has 0 radical (unpaired) electrons. The van der Waals surface area contributed by atoms with Gasteiger partial charge in [-0.1, -0.05) is 0 Å². The third kappa shape index (κ3) is 2.95. The fourth-order valence-electron chi connectivity index (χ4n) is 1.19. The maximum atomic E-state index is 10.5. The monoisotopic (exact) mass is 237 g/mol. The van der Waals surface area contributed by atoms with E-state index in [9.17, 15) is 4.79 Å². The molecule has 1 heterocycles. The zero-order valence-electron chi connectivity index (χ0n) is 8.67. The molecule has 5 nitrogen and oxygen atoms in total. The van der Waals surface area contributed by atoms with E-state index in [0.717, 1.165) is 0 Å². The Labute approximate surface area is 97.3 Å². The summed E-state index contributed by atoms with van der Waals surface area (Å²) in [7, 11) is 0. The first-order chi connectivity index (χ1) is 7.58. The Bertz CT molecular complexity index is 442. The number of hydrogen-bond acceptors (Lipinski definition) is 5. The summed E-state index contributed by atoms with van der Waals surface area (Å²) >= 11 is 1.33. The average molecular weight is 237 g/mol. The first kappa shape index (κ1) is 12.5. The Kier molecular flexibility index (Phi) is 4.28. The van der Waals surface area contributed by atoms with Crippen molar-refractivity contribution in [2.24, 2.45) is 5.73 Å². The van der Waals surface area contributed by atoms with Gasteiger partial charge in [-0.3, -0.25) is 4.79 Å². The van der Waals surface area contributed by atoms with Crippen molar-refractivity contribution < 1.29 is 9.90 Å². The lowest BCUT2D eigenvalue weighted by Gasteiger charge is -2.09. The Morgan fingerprint density at radius 3 is 2.94 bits per heavy atom. The summed E-state index contributed by atoms with van der Waals surface area (Å²) in [5.74, 6) is -0.968. The first-order valence-electron chi connectivity index (χ1n) is 4.51. The smallest absolute Gasteiger partial charge is 0.305 e. The lowest BCUT2D eigenvalue weighted by atomic mass is 10.1. The summed E-state index contributed by atoms with van der Waals surface area (Å²) in [6.45, 7) is 0. The molecular formula is C10H11N3O2S. The van der Waals surface area contributed by atoms with E-state index in [-0.39, 0.29) is 6.42 Å². The summed E-state index contributed by atoms with van der Waals surface area (Å²) < 4.78 is 0. The molecule has 0 spiro atoms. The molecule has 0 aromatic carbocycles. The highest BCUT2D eigenvalue weighted by Gasteiger charge is 2.13. The van der Waals surface area contributed by atoms with Gasteiger partial charge >= 0.3 is 5.97 Å². The summed E-state index contributed by atoms with van der Waals surface area (Å²) in [5.41, 5.74) is 6.64. The van der Waals surface area contributed by atoms with E-state index in [1.165, 1.54) is 11.8 Å². The van der Waals surface area contributed by atoms with E-state index in [2.05, 4.69) is 4.98 Å². The van der Waals surface area contributed by atoms with Crippen LogP contribution < -0.4 is 5.73 Å². The molecule has 6 heteroatoms. The topological polar surface area (TPSA) is 100 Å². The predicted octanol–water partition coefficient (Wildman–Crippen LogP) is 1.15. The van der Waals surface area contributed by atoms with Crippen LogP contribution in [0.3, 0.4) is 0 Å². The maximum absolute atomic E-state index is 10.5. The molecule has 0 fully saturated rings. The highest BCUT2D eigenvalue weighted by molar-refractivity contribution is 7.98. The fourth-order valence-corrected chi connectivity index (χ4v) is 1.72. The average Bonchev–Trinajstić information content (AvgIpc) is 2.27. The summed E-state index contributed by atoms with van der Waals surface area (Å²) in [6.07, 6.45) is 1.63. The van der Waals surface area contributed by atoms with Gasteiger partial charge in [-0.15, -0.1) is 11.8 Å². The minimum atomic E-state index is -0.968. The van der Waals surface area contributed by atoms with Crippen LogP contribution in [0.5, 0.6) is 0 Å². The minimum absolute atomic E-state index is 0.174. The second-order valence-electron chi connectivity index (χ2n) is 3.11. The van der Waals surface area contributed by atoms with Crippen molar-refractivity contribution in [3.8, 4) is 6.07 Å². The van der Waals surface area contributed by atoms with Gasteiger partial charge in [0.1, 0.15) is 11.1 Å². The standard InChI is InChI=1S/C10H11N3O2S/c1-16-10-6(5-11)2-3-8(13-10)7(12)4-9(14)15/h2-3,7H,4,12H2,1H3,(H,14,15). The number of aromatic nitrogens is 1. The molecule has 1 unspecified atom stereocenters. The van der Waals surface area contributed by atoms with Crippen LogP contribution in [0, 0.1) is 11.3 Å². The van der Waals surface area contributed by atoms with Gasteiger partial charge in [-0.05, 0) is 18.4 Å². The summed E-state index contributed by atoms with van der Waals surface area (Å²) in [5, 5.41) is 18.0. The van der Waals surface area contributed by atoms with Crippen molar-refractivity contribution in [2.75, 3.05) is 6.26 Å². The number of thioether (sulfide) groups is 1. The highest BCUT2D eigenvalue weighted by Crippen LogP contribution is 2.20. The number of nitrogens with two attached hydrogens (primary N) is 1. The number of nitrogens with zero attached hydrogens (tertiary/aromatic N) is 2. The Hall–Kier alpha value is -1.58. The van der Waals surface area contributed by atoms with Crippen LogP contribution in [-0.4, -0.2) is 22.3 Å². The van der Waals surface area contributed by atoms with Gasteiger partial charge in [-0.25, -0.2) is 4.98 Å². The lowest BCUT2D eigenvalue weighted by molar-refractivity contribution is -0.137. The molecule has 84 valence electrons. The second kappa shape index (κ2) is 5.49. The third-order valence-electron chi connectivity index (χ3n) is 1.97. The molecule has 16 heavy (non-hydrogen) atoms. The molecule has 0 amide bonds. The number of carboxylic acid groups (broad SMARTS) is 1. The molecule has 0 saturated carbocycles. The van der Waals surface area contributed by atoms with Gasteiger partial charge in [-0.2, -0.15) is 5.26 Å². The number of rotatable bonds is 4. The molecule has 0 bridgehead atoms. The molecule has 0 aliphatic rings. The molecule has 1 aromatic rings.